The van der Waals surface area contributed by atoms with E-state index in [2.05, 4.69) is 64.1 Å². The number of benzene rings is 3. The molecular weight excluding hydrogens is 426 g/mol. The molecule has 0 aliphatic carbocycles. The molecule has 0 saturated carbocycles. The van der Waals surface area contributed by atoms with Crippen molar-refractivity contribution in [2.75, 3.05) is 29.9 Å². The number of ether oxygens (including phenoxy) is 1. The smallest absolute Gasteiger partial charge is 0.313 e. The second-order valence-electron chi connectivity index (χ2n) is 8.38. The number of hydrogen-bond acceptors (Lipinski definition) is 4. The van der Waals surface area contributed by atoms with E-state index in [1.54, 1.807) is 24.3 Å². The van der Waals surface area contributed by atoms with Crippen LogP contribution >= 0.6 is 0 Å². The molecule has 0 aromatic heterocycles. The van der Waals surface area contributed by atoms with E-state index in [9.17, 15) is 9.59 Å². The van der Waals surface area contributed by atoms with Gasteiger partial charge in [0.2, 0.25) is 0 Å². The number of nitrogens with zero attached hydrogens (tertiary/aromatic N) is 1. The number of carbonyl (C=O) groups excluding carboxylic acids is 2. The maximum absolute atomic E-state index is 12.1. The fraction of sp³-hybridized carbons (Fsp3) is 0.286. The van der Waals surface area contributed by atoms with Crippen molar-refractivity contribution >= 4 is 23.2 Å². The van der Waals surface area contributed by atoms with E-state index in [1.165, 1.54) is 22.4 Å². The van der Waals surface area contributed by atoms with Crippen molar-refractivity contribution < 1.29 is 14.3 Å². The third-order valence-corrected chi connectivity index (χ3v) is 5.99. The number of hydrogen-bond donors (Lipinski definition) is 2. The zero-order valence-corrected chi connectivity index (χ0v) is 19.5. The number of aryl methyl sites for hydroxylation is 1. The highest BCUT2D eigenvalue weighted by atomic mass is 16.5. The lowest BCUT2D eigenvalue weighted by Crippen LogP contribution is -2.36. The third kappa shape index (κ3) is 6.16. The van der Waals surface area contributed by atoms with Gasteiger partial charge in [0.05, 0.1) is 6.61 Å². The normalized spacial score (nSPS) is 12.6. The lowest BCUT2D eigenvalue weighted by atomic mass is 9.99. The molecule has 1 heterocycles. The Morgan fingerprint density at radius 3 is 2.38 bits per heavy atom. The first-order valence-corrected chi connectivity index (χ1v) is 11.8. The van der Waals surface area contributed by atoms with Gasteiger partial charge in [-0.15, -0.1) is 0 Å². The SMILES string of the molecule is CCOc1ccc(NC(=O)C(=O)NCCCc2ccc(N3CCc4ccccc4C3)cc2)cc1. The monoisotopic (exact) mass is 457 g/mol. The second kappa shape index (κ2) is 11.4. The standard InChI is InChI=1S/C28H31N3O3/c1-2-34-26-15-11-24(12-16-26)30-28(33)27(32)29-18-5-6-21-9-13-25(14-10-21)31-19-17-22-7-3-4-8-23(22)20-31/h3-4,7-16H,2,5-6,17-20H2,1H3,(H,29,32)(H,30,33). The van der Waals surface area contributed by atoms with Crippen molar-refractivity contribution in [3.05, 3.63) is 89.5 Å². The summed E-state index contributed by atoms with van der Waals surface area (Å²) < 4.78 is 5.37. The van der Waals surface area contributed by atoms with Gasteiger partial charge in [-0.25, -0.2) is 0 Å². The van der Waals surface area contributed by atoms with Crippen molar-refractivity contribution in [2.45, 2.75) is 32.7 Å². The van der Waals surface area contributed by atoms with Gasteiger partial charge in [-0.3, -0.25) is 9.59 Å². The maximum atomic E-state index is 12.1. The number of amides is 2. The Kier molecular flexibility index (Phi) is 7.81. The summed E-state index contributed by atoms with van der Waals surface area (Å²) in [6.07, 6.45) is 2.67. The second-order valence-corrected chi connectivity index (χ2v) is 8.38. The van der Waals surface area contributed by atoms with Gasteiger partial charge in [0, 0.05) is 31.0 Å². The number of rotatable bonds is 8. The topological polar surface area (TPSA) is 70.7 Å². The summed E-state index contributed by atoms with van der Waals surface area (Å²) in [5.74, 6) is -0.578. The summed E-state index contributed by atoms with van der Waals surface area (Å²) in [7, 11) is 0. The number of fused-ring (bicyclic) bond motifs is 1. The van der Waals surface area contributed by atoms with Crippen LogP contribution in [0, 0.1) is 0 Å². The number of nitrogens with one attached hydrogen (secondary N) is 2. The van der Waals surface area contributed by atoms with E-state index >= 15 is 0 Å². The van der Waals surface area contributed by atoms with Crippen molar-refractivity contribution in [2.24, 2.45) is 0 Å². The van der Waals surface area contributed by atoms with E-state index in [1.807, 2.05) is 6.92 Å². The molecule has 0 saturated heterocycles. The Morgan fingerprint density at radius 1 is 0.912 bits per heavy atom. The summed E-state index contributed by atoms with van der Waals surface area (Å²) >= 11 is 0. The molecule has 2 N–H and O–H groups in total. The fourth-order valence-electron chi connectivity index (χ4n) is 4.15. The lowest BCUT2D eigenvalue weighted by molar-refractivity contribution is -0.136. The number of anilines is 2. The van der Waals surface area contributed by atoms with Gasteiger partial charge >= 0.3 is 11.8 Å². The number of carbonyl (C=O) groups is 2. The average molecular weight is 458 g/mol. The predicted octanol–water partition coefficient (Wildman–Crippen LogP) is 4.34. The Balaban J connectivity index is 1.18. The zero-order valence-electron chi connectivity index (χ0n) is 19.5. The minimum atomic E-state index is -0.670. The van der Waals surface area contributed by atoms with E-state index in [-0.39, 0.29) is 0 Å². The molecule has 3 aromatic rings. The largest absolute Gasteiger partial charge is 0.494 e. The fourth-order valence-corrected chi connectivity index (χ4v) is 4.15. The van der Waals surface area contributed by atoms with Crippen LogP contribution in [0.25, 0.3) is 0 Å². The first-order chi connectivity index (χ1) is 16.6. The van der Waals surface area contributed by atoms with Crippen LogP contribution in [0.15, 0.2) is 72.8 Å². The van der Waals surface area contributed by atoms with Crippen LogP contribution in [0.3, 0.4) is 0 Å². The van der Waals surface area contributed by atoms with Gasteiger partial charge in [0.1, 0.15) is 5.75 Å². The molecule has 34 heavy (non-hydrogen) atoms. The quantitative estimate of drug-likeness (QED) is 0.390. The van der Waals surface area contributed by atoms with Crippen LogP contribution in [0.1, 0.15) is 30.0 Å². The molecule has 0 fully saturated rings. The maximum Gasteiger partial charge on any atom is 0.313 e. The molecule has 0 atom stereocenters. The summed E-state index contributed by atoms with van der Waals surface area (Å²) in [5, 5.41) is 5.30. The van der Waals surface area contributed by atoms with Crippen LogP contribution in [-0.2, 0) is 29.0 Å². The van der Waals surface area contributed by atoms with E-state index in [4.69, 9.17) is 4.74 Å². The van der Waals surface area contributed by atoms with Crippen LogP contribution in [0.5, 0.6) is 5.75 Å². The molecule has 4 rings (SSSR count). The van der Waals surface area contributed by atoms with Gasteiger partial charge in [0.15, 0.2) is 0 Å². The molecule has 2 amide bonds. The van der Waals surface area contributed by atoms with E-state index < -0.39 is 11.8 Å². The van der Waals surface area contributed by atoms with Crippen LogP contribution in [-0.4, -0.2) is 31.5 Å². The highest BCUT2D eigenvalue weighted by Gasteiger charge is 2.16. The predicted molar refractivity (Wildman–Crippen MR) is 135 cm³/mol. The minimum Gasteiger partial charge on any atom is -0.494 e. The Morgan fingerprint density at radius 2 is 1.65 bits per heavy atom. The van der Waals surface area contributed by atoms with Crippen LogP contribution < -0.4 is 20.3 Å². The molecule has 0 radical (unpaired) electrons. The summed E-state index contributed by atoms with van der Waals surface area (Å²) in [5.41, 5.74) is 5.86. The molecule has 3 aromatic carbocycles. The molecule has 1 aliphatic heterocycles. The molecule has 6 heteroatoms. The van der Waals surface area contributed by atoms with Gasteiger partial charge < -0.3 is 20.3 Å². The van der Waals surface area contributed by atoms with Crippen molar-refractivity contribution in [1.82, 2.24) is 5.32 Å². The van der Waals surface area contributed by atoms with E-state index in [0.29, 0.717) is 18.8 Å². The Hall–Kier alpha value is -3.80. The molecule has 0 unspecified atom stereocenters. The van der Waals surface area contributed by atoms with Gasteiger partial charge in [-0.05, 0) is 79.3 Å². The van der Waals surface area contributed by atoms with Gasteiger partial charge in [0.25, 0.3) is 0 Å². The van der Waals surface area contributed by atoms with Crippen molar-refractivity contribution in [1.29, 1.82) is 0 Å². The summed E-state index contributed by atoms with van der Waals surface area (Å²) in [4.78, 5) is 26.6. The first kappa shape index (κ1) is 23.4. The highest BCUT2D eigenvalue weighted by Crippen LogP contribution is 2.24. The first-order valence-electron chi connectivity index (χ1n) is 11.8. The van der Waals surface area contributed by atoms with Gasteiger partial charge in [-0.1, -0.05) is 36.4 Å². The lowest BCUT2D eigenvalue weighted by Gasteiger charge is -2.30. The minimum absolute atomic E-state index is 0.445. The third-order valence-electron chi connectivity index (χ3n) is 5.99. The molecule has 6 nitrogen and oxygen atoms in total. The van der Waals surface area contributed by atoms with Gasteiger partial charge in [-0.2, -0.15) is 0 Å². The van der Waals surface area contributed by atoms with Crippen LogP contribution in [0.4, 0.5) is 11.4 Å². The molecule has 176 valence electrons. The van der Waals surface area contributed by atoms with E-state index in [0.717, 1.165) is 38.1 Å². The highest BCUT2D eigenvalue weighted by molar-refractivity contribution is 6.39. The molecule has 0 bridgehead atoms. The molecule has 0 spiro atoms. The summed E-state index contributed by atoms with van der Waals surface area (Å²) in [6.45, 7) is 4.90. The zero-order chi connectivity index (χ0) is 23.8. The van der Waals surface area contributed by atoms with Crippen molar-refractivity contribution in [3.63, 3.8) is 0 Å². The molecule has 1 aliphatic rings. The summed E-state index contributed by atoms with van der Waals surface area (Å²) in [6, 6.07) is 24.2. The van der Waals surface area contributed by atoms with Crippen molar-refractivity contribution in [3.8, 4) is 5.75 Å². The Bertz CT molecular complexity index is 1110. The molecular formula is C28H31N3O3. The Labute approximate surface area is 200 Å². The average Bonchev–Trinajstić information content (AvgIpc) is 2.88. The van der Waals surface area contributed by atoms with Crippen LogP contribution in [0.2, 0.25) is 0 Å².